The van der Waals surface area contributed by atoms with Gasteiger partial charge < -0.3 is 39.2 Å². The Hall–Kier alpha value is -6.93. The van der Waals surface area contributed by atoms with Crippen LogP contribution in [0.5, 0.6) is 11.5 Å². The molecule has 1 aliphatic heterocycles. The third-order valence-corrected chi connectivity index (χ3v) is 13.2. The molecule has 0 spiro atoms. The molecule has 6 aromatic carbocycles. The van der Waals surface area contributed by atoms with Crippen LogP contribution in [0.2, 0.25) is 0 Å². The number of anilines is 1. The summed E-state index contributed by atoms with van der Waals surface area (Å²) in [7, 11) is 4.74. The SMILES string of the molecule is COc1ccc(C(Nc2ncnc3c2ncn3[C@@H]2O[C@H]([C@H](C)OC(c3ccccc3)(c3ccccc3)c3ccc(OC)cc3)[C@]3(O)C(OC)[C@]23O)(c2ccccc2)c2ccccc2)cc1. The van der Waals surface area contributed by atoms with Crippen molar-refractivity contribution in [2.45, 2.75) is 53.8 Å². The van der Waals surface area contributed by atoms with Gasteiger partial charge in [0.05, 0.1) is 26.7 Å². The number of fused-ring (bicyclic) bond motifs is 2. The largest absolute Gasteiger partial charge is 0.497 e. The molecule has 1 unspecified atom stereocenters. The first-order valence-electron chi connectivity index (χ1n) is 21.5. The summed E-state index contributed by atoms with van der Waals surface area (Å²) in [6.45, 7) is 1.85. The third kappa shape index (κ3) is 6.51. The maximum absolute atomic E-state index is 12.7. The lowest BCUT2D eigenvalue weighted by Gasteiger charge is -2.40. The molecular formula is C53H49N5O7. The average molecular weight is 868 g/mol. The summed E-state index contributed by atoms with van der Waals surface area (Å²) in [6, 6.07) is 55.8. The number of nitrogens with one attached hydrogen (secondary N) is 1. The van der Waals surface area contributed by atoms with E-state index in [-0.39, 0.29) is 0 Å². The number of ether oxygens (including phenoxy) is 5. The number of nitrogens with zero attached hydrogens (tertiary/aromatic N) is 4. The van der Waals surface area contributed by atoms with E-state index < -0.39 is 46.9 Å². The predicted molar refractivity (Wildman–Crippen MR) is 246 cm³/mol. The Kier molecular flexibility index (Phi) is 10.7. The maximum atomic E-state index is 12.7. The van der Waals surface area contributed by atoms with E-state index in [4.69, 9.17) is 38.6 Å². The minimum Gasteiger partial charge on any atom is -0.497 e. The lowest BCUT2D eigenvalue weighted by Crippen LogP contribution is -2.47. The summed E-state index contributed by atoms with van der Waals surface area (Å²) < 4.78 is 32.8. The van der Waals surface area contributed by atoms with Crippen molar-refractivity contribution < 1.29 is 33.9 Å². The molecule has 10 rings (SSSR count). The number of methoxy groups -OCH3 is 3. The zero-order valence-corrected chi connectivity index (χ0v) is 36.4. The van der Waals surface area contributed by atoms with Crippen molar-refractivity contribution >= 4 is 17.0 Å². The quantitative estimate of drug-likeness (QED) is 0.0863. The zero-order valence-electron chi connectivity index (χ0n) is 36.4. The molecule has 0 bridgehead atoms. The highest BCUT2D eigenvalue weighted by Gasteiger charge is 2.90. The molecular weight excluding hydrogens is 819 g/mol. The molecule has 8 aromatic rings. The first kappa shape index (κ1) is 42.0. The van der Waals surface area contributed by atoms with Gasteiger partial charge in [0.15, 0.2) is 34.4 Å². The highest BCUT2D eigenvalue weighted by atomic mass is 16.6. The predicted octanol–water partition coefficient (Wildman–Crippen LogP) is 8.03. The van der Waals surface area contributed by atoms with Gasteiger partial charge in [0.2, 0.25) is 0 Å². The first-order valence-corrected chi connectivity index (χ1v) is 21.5. The van der Waals surface area contributed by atoms with Crippen molar-refractivity contribution in [2.75, 3.05) is 26.6 Å². The second kappa shape index (κ2) is 16.6. The van der Waals surface area contributed by atoms with Crippen LogP contribution in [-0.4, -0.2) is 80.6 Å². The van der Waals surface area contributed by atoms with Gasteiger partial charge in [-0.1, -0.05) is 146 Å². The lowest BCUT2D eigenvalue weighted by molar-refractivity contribution is -0.176. The van der Waals surface area contributed by atoms with Crippen LogP contribution in [0.25, 0.3) is 11.2 Å². The number of imidazole rings is 1. The summed E-state index contributed by atoms with van der Waals surface area (Å²) in [5.41, 5.74) is 0.192. The Morgan fingerprint density at radius 1 is 0.600 bits per heavy atom. The Morgan fingerprint density at radius 3 is 1.55 bits per heavy atom. The van der Waals surface area contributed by atoms with Crippen LogP contribution in [0.15, 0.2) is 183 Å². The van der Waals surface area contributed by atoms with Gasteiger partial charge in [-0.15, -0.1) is 0 Å². The van der Waals surface area contributed by atoms with Gasteiger partial charge in [0.1, 0.15) is 41.2 Å². The Balaban J connectivity index is 1.06. The molecule has 0 radical (unpaired) electrons. The third-order valence-electron chi connectivity index (χ3n) is 13.2. The van der Waals surface area contributed by atoms with Crippen molar-refractivity contribution in [1.29, 1.82) is 0 Å². The van der Waals surface area contributed by atoms with E-state index in [2.05, 4.69) is 29.6 Å². The molecule has 6 atom stereocenters. The van der Waals surface area contributed by atoms with Crippen LogP contribution in [0.4, 0.5) is 5.82 Å². The summed E-state index contributed by atoms with van der Waals surface area (Å²) in [5.74, 6) is 1.85. The fourth-order valence-electron chi connectivity index (χ4n) is 10.1. The van der Waals surface area contributed by atoms with Crippen molar-refractivity contribution in [3.63, 3.8) is 0 Å². The normalized spacial score (nSPS) is 22.0. The van der Waals surface area contributed by atoms with Crippen molar-refractivity contribution in [1.82, 2.24) is 19.5 Å². The van der Waals surface area contributed by atoms with E-state index >= 15 is 0 Å². The summed E-state index contributed by atoms with van der Waals surface area (Å²) in [4.78, 5) is 14.4. The monoisotopic (exact) mass is 867 g/mol. The van der Waals surface area contributed by atoms with Gasteiger partial charge in [0.25, 0.3) is 0 Å². The highest BCUT2D eigenvalue weighted by Crippen LogP contribution is 2.66. The zero-order chi connectivity index (χ0) is 44.8. The molecule has 65 heavy (non-hydrogen) atoms. The van der Waals surface area contributed by atoms with Crippen molar-refractivity contribution in [2.24, 2.45) is 0 Å². The van der Waals surface area contributed by atoms with Gasteiger partial charge in [-0.25, -0.2) is 15.0 Å². The van der Waals surface area contributed by atoms with E-state index in [1.54, 1.807) is 25.1 Å². The number of hydrogen-bond donors (Lipinski definition) is 3. The van der Waals surface area contributed by atoms with Crippen molar-refractivity contribution in [3.8, 4) is 11.5 Å². The molecule has 1 saturated carbocycles. The van der Waals surface area contributed by atoms with Gasteiger partial charge in [0, 0.05) is 7.11 Å². The Morgan fingerprint density at radius 2 is 1.06 bits per heavy atom. The summed E-state index contributed by atoms with van der Waals surface area (Å²) in [6.07, 6.45) is -1.16. The molecule has 3 N–H and O–H groups in total. The Bertz CT molecular complexity index is 2810. The van der Waals surface area contributed by atoms with E-state index in [1.807, 2.05) is 153 Å². The molecule has 328 valence electrons. The molecule has 2 fully saturated rings. The standard InChI is InChI=1S/C53H49N5O7/c1-35(65-51(39-21-13-7-14-22-39,40-23-15-8-16-24-40)41-27-31-43(62-3)32-28-41)45-52(59)48(63-4)53(52,60)49(64-45)58-34-56-44-46(54-33-55-47(44)58)57-50(36-17-9-5-10-18-36,37-19-11-6-12-20-37)38-25-29-42(61-2)30-26-38/h5-35,45,48-49,59-60H,1-4H3,(H,54,55,57)/t35-,45+,48?,49+,52-,53-/m0/s1. The molecule has 1 aliphatic carbocycles. The fraction of sp³-hybridized carbons (Fsp3) is 0.226. The van der Waals surface area contributed by atoms with Crippen LogP contribution in [0.3, 0.4) is 0 Å². The van der Waals surface area contributed by atoms with Gasteiger partial charge in [-0.05, 0) is 64.6 Å². The van der Waals surface area contributed by atoms with Gasteiger partial charge >= 0.3 is 0 Å². The number of hydrogen-bond acceptors (Lipinski definition) is 11. The van der Waals surface area contributed by atoms with E-state index in [1.165, 1.54) is 13.4 Å². The summed E-state index contributed by atoms with van der Waals surface area (Å²) >= 11 is 0. The average Bonchev–Trinajstić information content (AvgIpc) is 3.57. The minimum absolute atomic E-state index is 0.366. The fourth-order valence-corrected chi connectivity index (χ4v) is 10.1. The number of rotatable bonds is 15. The van der Waals surface area contributed by atoms with E-state index in [9.17, 15) is 10.2 Å². The molecule has 2 aliphatic rings. The van der Waals surface area contributed by atoms with Crippen LogP contribution >= 0.6 is 0 Å². The molecule has 0 amide bonds. The first-order chi connectivity index (χ1) is 31.7. The molecule has 3 heterocycles. The Labute approximate surface area is 377 Å². The minimum atomic E-state index is -1.92. The van der Waals surface area contributed by atoms with Gasteiger partial charge in [-0.3, -0.25) is 4.57 Å². The number of benzene rings is 6. The molecule has 12 nitrogen and oxygen atoms in total. The topological polar surface area (TPSA) is 142 Å². The van der Waals surface area contributed by atoms with E-state index in [0.29, 0.717) is 22.7 Å². The van der Waals surface area contributed by atoms with Crippen LogP contribution < -0.4 is 14.8 Å². The maximum Gasteiger partial charge on any atom is 0.173 e. The summed E-state index contributed by atoms with van der Waals surface area (Å²) in [5, 5.41) is 29.2. The highest BCUT2D eigenvalue weighted by molar-refractivity contribution is 5.84. The van der Waals surface area contributed by atoms with E-state index in [0.717, 1.165) is 39.1 Å². The number of aromatic nitrogens is 4. The van der Waals surface area contributed by atoms with Crippen LogP contribution in [-0.2, 0) is 25.4 Å². The molecule has 2 aromatic heterocycles. The second-order valence-corrected chi connectivity index (χ2v) is 16.5. The number of aliphatic hydroxyl groups is 2. The molecule has 1 saturated heterocycles. The van der Waals surface area contributed by atoms with Crippen molar-refractivity contribution in [3.05, 3.63) is 216 Å². The van der Waals surface area contributed by atoms with Gasteiger partial charge in [-0.2, -0.15) is 0 Å². The second-order valence-electron chi connectivity index (χ2n) is 16.5. The lowest BCUT2D eigenvalue weighted by atomic mass is 9.77. The van der Waals surface area contributed by atoms with Crippen LogP contribution in [0, 0.1) is 0 Å². The van der Waals surface area contributed by atoms with Crippen LogP contribution in [0.1, 0.15) is 46.5 Å². The molecule has 12 heteroatoms. The smallest absolute Gasteiger partial charge is 0.173 e.